The number of ether oxygens (including phenoxy) is 4. The Morgan fingerprint density at radius 3 is 2.31 bits per heavy atom. The van der Waals surface area contributed by atoms with Crippen LogP contribution in [-0.4, -0.2) is 33.1 Å². The van der Waals surface area contributed by atoms with E-state index in [1.807, 2.05) is 43.3 Å². The zero-order valence-corrected chi connectivity index (χ0v) is 21.7. The first-order chi connectivity index (χ1) is 17.2. The lowest BCUT2D eigenvalue weighted by Gasteiger charge is -2.39. The molecule has 2 aromatic rings. The fourth-order valence-corrected chi connectivity index (χ4v) is 5.17. The van der Waals surface area contributed by atoms with E-state index in [-0.39, 0.29) is 17.8 Å². The molecule has 1 N–H and O–H groups in total. The smallest absolute Gasteiger partial charge is 0.337 e. The van der Waals surface area contributed by atoms with Crippen molar-refractivity contribution in [1.82, 2.24) is 5.32 Å². The quantitative estimate of drug-likeness (QED) is 0.542. The number of rotatable bonds is 7. The lowest BCUT2D eigenvalue weighted by atomic mass is 9.68. The molecule has 1 aliphatic heterocycles. The summed E-state index contributed by atoms with van der Waals surface area (Å²) in [5.41, 5.74) is 3.75. The van der Waals surface area contributed by atoms with Crippen LogP contribution in [-0.2, 0) is 20.9 Å². The van der Waals surface area contributed by atoms with E-state index >= 15 is 0 Å². The first kappa shape index (κ1) is 25.4. The van der Waals surface area contributed by atoms with Crippen LogP contribution in [0.2, 0.25) is 0 Å². The van der Waals surface area contributed by atoms with Gasteiger partial charge in [-0.2, -0.15) is 0 Å². The monoisotopic (exact) mass is 491 g/mol. The number of esters is 1. The Bertz CT molecular complexity index is 1240. The summed E-state index contributed by atoms with van der Waals surface area (Å²) in [6.45, 7) is 6.12. The highest BCUT2D eigenvalue weighted by Crippen LogP contribution is 2.51. The summed E-state index contributed by atoms with van der Waals surface area (Å²) in [6, 6.07) is 13.1. The summed E-state index contributed by atoms with van der Waals surface area (Å²) in [5, 5.41) is 3.36. The molecule has 0 fully saturated rings. The normalized spacial score (nSPS) is 18.8. The molecule has 1 heterocycles. The second-order valence-corrected chi connectivity index (χ2v) is 9.92. The molecule has 1 atom stereocenters. The van der Waals surface area contributed by atoms with E-state index < -0.39 is 11.9 Å². The predicted octanol–water partition coefficient (Wildman–Crippen LogP) is 5.06. The highest BCUT2D eigenvalue weighted by atomic mass is 16.5. The Morgan fingerprint density at radius 1 is 0.972 bits per heavy atom. The number of hydrogen-bond donors (Lipinski definition) is 1. The number of carbonyl (C=O) groups excluding carboxylic acids is 2. The summed E-state index contributed by atoms with van der Waals surface area (Å²) in [5.74, 6) is 0.131. The van der Waals surface area contributed by atoms with Crippen molar-refractivity contribution in [2.24, 2.45) is 5.41 Å². The highest BCUT2D eigenvalue weighted by molar-refractivity contribution is 6.04. The van der Waals surface area contributed by atoms with E-state index in [9.17, 15) is 9.59 Å². The second-order valence-electron chi connectivity index (χ2n) is 9.92. The van der Waals surface area contributed by atoms with Crippen LogP contribution in [0.1, 0.15) is 50.7 Å². The molecule has 0 amide bonds. The van der Waals surface area contributed by atoms with Crippen LogP contribution in [0, 0.1) is 5.41 Å². The molecule has 0 spiro atoms. The first-order valence-corrected chi connectivity index (χ1v) is 11.9. The van der Waals surface area contributed by atoms with Crippen molar-refractivity contribution < 1.29 is 28.5 Å². The molecule has 1 aliphatic carbocycles. The van der Waals surface area contributed by atoms with Crippen molar-refractivity contribution in [2.75, 3.05) is 21.3 Å². The number of Topliss-reactive ketones (excluding diaryl/α,β-unsaturated/α-hetero) is 1. The Kier molecular flexibility index (Phi) is 7.11. The Labute approximate surface area is 212 Å². The van der Waals surface area contributed by atoms with Crippen LogP contribution in [0.4, 0.5) is 0 Å². The zero-order chi connectivity index (χ0) is 26.0. The molecule has 0 radical (unpaired) electrons. The summed E-state index contributed by atoms with van der Waals surface area (Å²) in [7, 11) is 4.61. The number of methoxy groups -OCH3 is 3. The van der Waals surface area contributed by atoms with Gasteiger partial charge in [0.1, 0.15) is 6.61 Å². The van der Waals surface area contributed by atoms with Crippen molar-refractivity contribution in [3.05, 3.63) is 76.1 Å². The van der Waals surface area contributed by atoms with Gasteiger partial charge in [0, 0.05) is 29.0 Å². The molecule has 4 rings (SSSR count). The van der Waals surface area contributed by atoms with Gasteiger partial charge >= 0.3 is 5.97 Å². The van der Waals surface area contributed by atoms with E-state index in [1.54, 1.807) is 13.2 Å². The third-order valence-electron chi connectivity index (χ3n) is 6.72. The fourth-order valence-electron chi connectivity index (χ4n) is 5.17. The van der Waals surface area contributed by atoms with Crippen LogP contribution in [0.25, 0.3) is 0 Å². The molecular weight excluding hydrogens is 458 g/mol. The van der Waals surface area contributed by atoms with Gasteiger partial charge in [-0.05, 0) is 30.4 Å². The number of dihydropyridines is 1. The second kappa shape index (κ2) is 10.1. The minimum atomic E-state index is -0.678. The van der Waals surface area contributed by atoms with E-state index in [2.05, 4.69) is 19.2 Å². The Balaban J connectivity index is 1.85. The molecule has 2 aliphatic rings. The van der Waals surface area contributed by atoms with Gasteiger partial charge in [0.05, 0.1) is 32.8 Å². The van der Waals surface area contributed by atoms with E-state index in [0.717, 1.165) is 11.3 Å². The maximum Gasteiger partial charge on any atom is 0.337 e. The third-order valence-corrected chi connectivity index (χ3v) is 6.72. The van der Waals surface area contributed by atoms with Crippen LogP contribution in [0.3, 0.4) is 0 Å². The number of allylic oxidation sites excluding steroid dienone is 3. The number of ketones is 1. The van der Waals surface area contributed by atoms with Gasteiger partial charge in [-0.25, -0.2) is 4.79 Å². The number of hydrogen-bond acceptors (Lipinski definition) is 7. The maximum atomic E-state index is 13.6. The number of benzene rings is 2. The molecule has 190 valence electrons. The van der Waals surface area contributed by atoms with Gasteiger partial charge in [0.2, 0.25) is 5.75 Å². The van der Waals surface area contributed by atoms with Crippen molar-refractivity contribution in [3.63, 3.8) is 0 Å². The van der Waals surface area contributed by atoms with Crippen LogP contribution >= 0.6 is 0 Å². The first-order valence-electron chi connectivity index (χ1n) is 11.9. The topological polar surface area (TPSA) is 83.1 Å². The van der Waals surface area contributed by atoms with Crippen molar-refractivity contribution in [1.29, 1.82) is 0 Å². The summed E-state index contributed by atoms with van der Waals surface area (Å²) in [6.07, 6.45) is 1.06. The van der Waals surface area contributed by atoms with Gasteiger partial charge in [0.15, 0.2) is 17.3 Å². The average Bonchev–Trinajstić information content (AvgIpc) is 2.85. The molecule has 0 bridgehead atoms. The molecular formula is C29H33NO6. The van der Waals surface area contributed by atoms with E-state index in [0.29, 0.717) is 52.5 Å². The lowest BCUT2D eigenvalue weighted by Crippen LogP contribution is -2.38. The van der Waals surface area contributed by atoms with Crippen LogP contribution in [0.15, 0.2) is 65.0 Å². The molecule has 0 aromatic heterocycles. The van der Waals surface area contributed by atoms with Crippen molar-refractivity contribution in [2.45, 2.75) is 46.1 Å². The predicted molar refractivity (Wildman–Crippen MR) is 136 cm³/mol. The molecule has 0 saturated heterocycles. The summed E-state index contributed by atoms with van der Waals surface area (Å²) in [4.78, 5) is 27.2. The minimum absolute atomic E-state index is 0.00329. The molecule has 7 heteroatoms. The average molecular weight is 492 g/mol. The lowest BCUT2D eigenvalue weighted by molar-refractivity contribution is -0.140. The number of nitrogens with one attached hydrogen (secondary N) is 1. The van der Waals surface area contributed by atoms with Gasteiger partial charge in [-0.15, -0.1) is 0 Å². The standard InChI is InChI=1S/C29H33NO6/c1-17-23(28(32)36-16-18-10-8-7-9-11-18)24(25-20(30-17)14-29(2,3)15-21(25)31)19-12-13-22(33-4)27(35-6)26(19)34-5/h7-13,24,30H,14-16H2,1-6H3/t24-/m1/s1. The van der Waals surface area contributed by atoms with Gasteiger partial charge in [-0.3, -0.25) is 4.79 Å². The summed E-state index contributed by atoms with van der Waals surface area (Å²) < 4.78 is 22.6. The molecule has 36 heavy (non-hydrogen) atoms. The van der Waals surface area contributed by atoms with Crippen LogP contribution < -0.4 is 19.5 Å². The Morgan fingerprint density at radius 2 is 1.67 bits per heavy atom. The Hall–Kier alpha value is -3.74. The van der Waals surface area contributed by atoms with E-state index in [1.165, 1.54) is 14.2 Å². The maximum absolute atomic E-state index is 13.6. The molecule has 2 aromatic carbocycles. The van der Waals surface area contributed by atoms with Gasteiger partial charge in [-0.1, -0.05) is 50.2 Å². The van der Waals surface area contributed by atoms with Crippen LogP contribution in [0.5, 0.6) is 17.2 Å². The van der Waals surface area contributed by atoms with Gasteiger partial charge < -0.3 is 24.3 Å². The molecule has 0 saturated carbocycles. The number of carbonyl (C=O) groups is 2. The zero-order valence-electron chi connectivity index (χ0n) is 21.7. The fraction of sp³-hybridized carbons (Fsp3) is 0.379. The van der Waals surface area contributed by atoms with Crippen molar-refractivity contribution in [3.8, 4) is 17.2 Å². The van der Waals surface area contributed by atoms with Gasteiger partial charge in [0.25, 0.3) is 0 Å². The van der Waals surface area contributed by atoms with Crippen molar-refractivity contribution >= 4 is 11.8 Å². The minimum Gasteiger partial charge on any atom is -0.493 e. The largest absolute Gasteiger partial charge is 0.493 e. The third kappa shape index (κ3) is 4.70. The summed E-state index contributed by atoms with van der Waals surface area (Å²) >= 11 is 0. The van der Waals surface area contributed by atoms with E-state index in [4.69, 9.17) is 18.9 Å². The molecule has 0 unspecified atom stereocenters. The SMILES string of the molecule is COc1ccc([C@@H]2C(C(=O)OCc3ccccc3)=C(C)NC3=C2C(=O)CC(C)(C)C3)c(OC)c1OC. The molecule has 7 nitrogen and oxygen atoms in total. The highest BCUT2D eigenvalue weighted by Gasteiger charge is 2.44.